The Morgan fingerprint density at radius 2 is 2.06 bits per heavy atom. The molecule has 0 radical (unpaired) electrons. The first kappa shape index (κ1) is 21.0. The number of hydrogen-bond donors (Lipinski definition) is 2. The Balaban J connectivity index is 1.68. The summed E-state index contributed by atoms with van der Waals surface area (Å²) >= 11 is 0. The second-order valence-electron chi connectivity index (χ2n) is 7.68. The molecule has 33 heavy (non-hydrogen) atoms. The van der Waals surface area contributed by atoms with Crippen molar-refractivity contribution < 1.29 is 22.7 Å². The molecule has 1 amide bonds. The van der Waals surface area contributed by atoms with E-state index >= 15 is 0 Å². The van der Waals surface area contributed by atoms with Gasteiger partial charge in [0.25, 0.3) is 5.91 Å². The minimum absolute atomic E-state index is 0.0130. The van der Waals surface area contributed by atoms with E-state index in [1.54, 1.807) is 19.3 Å². The van der Waals surface area contributed by atoms with Crippen LogP contribution in [-0.2, 0) is 4.74 Å². The summed E-state index contributed by atoms with van der Waals surface area (Å²) in [6.07, 6.45) is 5.44. The Labute approximate surface area is 186 Å². The molecule has 1 aliphatic heterocycles. The molecule has 3 aromatic heterocycles. The van der Waals surface area contributed by atoms with Crippen molar-refractivity contribution in [2.45, 2.75) is 19.4 Å². The summed E-state index contributed by atoms with van der Waals surface area (Å²) in [4.78, 5) is 20.9. The van der Waals surface area contributed by atoms with Gasteiger partial charge in [-0.15, -0.1) is 0 Å². The molecule has 4 heterocycles. The standard InChI is InChI=1S/C22H20F2N6O3/c1-11-26-8-18(33-11)16-9-30-21(29-20(16)28-13-3-4-32-10-13)15(7-27-30)14-5-12(22(31)25-2)6-17(23)19(14)24/h5-9,13H,3-4,10H2,1-2H3,(H,25,31)(H,28,29). The molecule has 1 unspecified atom stereocenters. The molecule has 0 aliphatic carbocycles. The highest BCUT2D eigenvalue weighted by Gasteiger charge is 2.23. The van der Waals surface area contributed by atoms with E-state index in [0.717, 1.165) is 12.5 Å². The van der Waals surface area contributed by atoms with Gasteiger partial charge in [0.15, 0.2) is 28.9 Å². The molecule has 0 spiro atoms. The molecule has 1 atom stereocenters. The molecule has 5 rings (SSSR count). The van der Waals surface area contributed by atoms with Crippen molar-refractivity contribution in [2.75, 3.05) is 25.6 Å². The number of anilines is 1. The Hall–Kier alpha value is -3.86. The van der Waals surface area contributed by atoms with Gasteiger partial charge in [-0.3, -0.25) is 4.79 Å². The minimum atomic E-state index is -1.14. The number of carbonyl (C=O) groups is 1. The predicted molar refractivity (Wildman–Crippen MR) is 115 cm³/mol. The summed E-state index contributed by atoms with van der Waals surface area (Å²) in [6.45, 7) is 2.88. The zero-order chi connectivity index (χ0) is 23.1. The van der Waals surface area contributed by atoms with Crippen molar-refractivity contribution in [1.29, 1.82) is 0 Å². The van der Waals surface area contributed by atoms with Gasteiger partial charge in [0.05, 0.1) is 30.6 Å². The Morgan fingerprint density at radius 1 is 1.21 bits per heavy atom. The van der Waals surface area contributed by atoms with Crippen LogP contribution in [0.25, 0.3) is 28.1 Å². The lowest BCUT2D eigenvalue weighted by Gasteiger charge is -2.15. The molecule has 170 valence electrons. The van der Waals surface area contributed by atoms with Crippen LogP contribution in [0.2, 0.25) is 0 Å². The van der Waals surface area contributed by atoms with Crippen LogP contribution in [-0.4, -0.2) is 51.8 Å². The first-order valence-electron chi connectivity index (χ1n) is 10.3. The maximum Gasteiger partial charge on any atom is 0.251 e. The molecular weight excluding hydrogens is 434 g/mol. The van der Waals surface area contributed by atoms with Gasteiger partial charge in [-0.05, 0) is 18.6 Å². The number of amides is 1. The fraction of sp³-hybridized carbons (Fsp3) is 0.273. The maximum absolute atomic E-state index is 14.8. The number of fused-ring (bicyclic) bond motifs is 1. The van der Waals surface area contributed by atoms with Gasteiger partial charge in [-0.2, -0.15) is 5.10 Å². The highest BCUT2D eigenvalue weighted by atomic mass is 19.2. The summed E-state index contributed by atoms with van der Waals surface area (Å²) in [5, 5.41) is 10.0. The zero-order valence-corrected chi connectivity index (χ0v) is 17.9. The van der Waals surface area contributed by atoms with E-state index in [-0.39, 0.29) is 28.4 Å². The summed E-state index contributed by atoms with van der Waals surface area (Å²) in [7, 11) is 1.41. The van der Waals surface area contributed by atoms with E-state index in [1.807, 2.05) is 0 Å². The molecule has 1 saturated heterocycles. The van der Waals surface area contributed by atoms with E-state index in [9.17, 15) is 13.6 Å². The topological polar surface area (TPSA) is 107 Å². The van der Waals surface area contributed by atoms with Gasteiger partial charge in [0, 0.05) is 43.5 Å². The molecule has 1 fully saturated rings. The number of benzene rings is 1. The Kier molecular flexibility index (Phi) is 5.25. The van der Waals surface area contributed by atoms with Crippen LogP contribution >= 0.6 is 0 Å². The average Bonchev–Trinajstić information content (AvgIpc) is 3.56. The molecule has 11 heteroatoms. The fourth-order valence-electron chi connectivity index (χ4n) is 3.78. The highest BCUT2D eigenvalue weighted by Crippen LogP contribution is 2.33. The summed E-state index contributed by atoms with van der Waals surface area (Å²) in [5.74, 6) is -1.32. The van der Waals surface area contributed by atoms with Crippen molar-refractivity contribution in [2.24, 2.45) is 0 Å². The lowest BCUT2D eigenvalue weighted by atomic mass is 10.0. The number of rotatable bonds is 5. The molecule has 0 bridgehead atoms. The van der Waals surface area contributed by atoms with Crippen LogP contribution < -0.4 is 10.6 Å². The number of carbonyl (C=O) groups excluding carboxylic acids is 1. The number of aryl methyl sites for hydroxylation is 1. The quantitative estimate of drug-likeness (QED) is 0.477. The lowest BCUT2D eigenvalue weighted by Crippen LogP contribution is -2.20. The number of nitrogens with zero attached hydrogens (tertiary/aromatic N) is 4. The summed E-state index contributed by atoms with van der Waals surface area (Å²) in [5.41, 5.74) is 0.998. The van der Waals surface area contributed by atoms with Crippen molar-refractivity contribution in [1.82, 2.24) is 24.9 Å². The fourth-order valence-corrected chi connectivity index (χ4v) is 3.78. The summed E-state index contributed by atoms with van der Waals surface area (Å²) < 4.78 is 41.7. The van der Waals surface area contributed by atoms with Crippen LogP contribution in [0, 0.1) is 18.6 Å². The molecule has 4 aromatic rings. The number of halogens is 2. The zero-order valence-electron chi connectivity index (χ0n) is 17.9. The molecule has 2 N–H and O–H groups in total. The molecule has 1 aromatic carbocycles. The van der Waals surface area contributed by atoms with E-state index in [0.29, 0.717) is 36.2 Å². The van der Waals surface area contributed by atoms with Crippen molar-refractivity contribution >= 4 is 17.4 Å². The largest absolute Gasteiger partial charge is 0.441 e. The van der Waals surface area contributed by atoms with Crippen LogP contribution in [0.3, 0.4) is 0 Å². The number of hydrogen-bond acceptors (Lipinski definition) is 7. The van der Waals surface area contributed by atoms with E-state index in [4.69, 9.17) is 9.15 Å². The van der Waals surface area contributed by atoms with E-state index < -0.39 is 17.5 Å². The van der Waals surface area contributed by atoms with Crippen molar-refractivity contribution in [3.05, 3.63) is 53.8 Å². The Morgan fingerprint density at radius 3 is 2.76 bits per heavy atom. The molecule has 0 saturated carbocycles. The molecule has 1 aliphatic rings. The van der Waals surface area contributed by atoms with Crippen LogP contribution in [0.5, 0.6) is 0 Å². The SMILES string of the molecule is CNC(=O)c1cc(F)c(F)c(-c2cnn3cc(-c4cnc(C)o4)c(NC4CCOC4)nc23)c1. The van der Waals surface area contributed by atoms with Crippen molar-refractivity contribution in [3.8, 4) is 22.5 Å². The van der Waals surface area contributed by atoms with Gasteiger partial charge < -0.3 is 19.8 Å². The first-order chi connectivity index (χ1) is 15.9. The van der Waals surface area contributed by atoms with Crippen molar-refractivity contribution in [3.63, 3.8) is 0 Å². The maximum atomic E-state index is 14.8. The van der Waals surface area contributed by atoms with E-state index in [2.05, 4.69) is 25.7 Å². The minimum Gasteiger partial charge on any atom is -0.441 e. The molecular formula is C22H20F2N6O3. The third kappa shape index (κ3) is 3.80. The van der Waals surface area contributed by atoms with E-state index in [1.165, 1.54) is 23.8 Å². The molecule has 9 nitrogen and oxygen atoms in total. The number of ether oxygens (including phenoxy) is 1. The monoisotopic (exact) mass is 454 g/mol. The first-order valence-corrected chi connectivity index (χ1v) is 10.3. The number of aromatic nitrogens is 4. The van der Waals surface area contributed by atoms with Gasteiger partial charge >= 0.3 is 0 Å². The third-order valence-electron chi connectivity index (χ3n) is 5.46. The summed E-state index contributed by atoms with van der Waals surface area (Å²) in [6, 6.07) is 2.16. The number of oxazole rings is 1. The van der Waals surface area contributed by atoms with Gasteiger partial charge in [0.2, 0.25) is 0 Å². The smallest absolute Gasteiger partial charge is 0.251 e. The average molecular weight is 454 g/mol. The van der Waals surface area contributed by atoms with Gasteiger partial charge in [-0.1, -0.05) is 0 Å². The Bertz CT molecular complexity index is 1360. The van der Waals surface area contributed by atoms with Crippen LogP contribution in [0.15, 0.2) is 35.1 Å². The van der Waals surface area contributed by atoms with Gasteiger partial charge in [-0.25, -0.2) is 23.3 Å². The second kappa shape index (κ2) is 8.24. The highest BCUT2D eigenvalue weighted by molar-refractivity contribution is 5.96. The van der Waals surface area contributed by atoms with Gasteiger partial charge in [0.1, 0.15) is 5.82 Å². The third-order valence-corrected chi connectivity index (χ3v) is 5.46. The number of nitrogens with one attached hydrogen (secondary N) is 2. The lowest BCUT2D eigenvalue weighted by molar-refractivity contribution is 0.0962. The normalized spacial score (nSPS) is 15.8. The van der Waals surface area contributed by atoms with Crippen LogP contribution in [0.1, 0.15) is 22.7 Å². The predicted octanol–water partition coefficient (Wildman–Crippen LogP) is 3.20. The second-order valence-corrected chi connectivity index (χ2v) is 7.68. The van der Waals surface area contributed by atoms with Crippen LogP contribution in [0.4, 0.5) is 14.6 Å².